The van der Waals surface area contributed by atoms with Gasteiger partial charge in [-0.25, -0.2) is 0 Å². The quantitative estimate of drug-likeness (QED) is 0.307. The summed E-state index contributed by atoms with van der Waals surface area (Å²) < 4.78 is 0. The summed E-state index contributed by atoms with van der Waals surface area (Å²) in [5.74, 6) is 0.512. The van der Waals surface area contributed by atoms with E-state index in [9.17, 15) is 0 Å². The van der Waals surface area contributed by atoms with Gasteiger partial charge in [0.1, 0.15) is 0 Å². The number of nitriles is 1. The predicted molar refractivity (Wildman–Crippen MR) is 40.4 cm³/mol. The van der Waals surface area contributed by atoms with Gasteiger partial charge in [0, 0.05) is 13.1 Å². The molecule has 4 nitrogen and oxygen atoms in total. The summed E-state index contributed by atoms with van der Waals surface area (Å²) in [6, 6.07) is 0.291. The van der Waals surface area contributed by atoms with E-state index >= 15 is 0 Å². The first-order valence-electron chi connectivity index (χ1n) is 3.11. The van der Waals surface area contributed by atoms with Crippen LogP contribution in [0.3, 0.4) is 0 Å². The molecular weight excluding hydrogens is 128 g/mol. The number of aliphatic imine (C=N–C) groups is 1. The fourth-order valence-electron chi connectivity index (χ4n) is 0.484. The number of nitrogens with one attached hydrogen (secondary N) is 2. The highest BCUT2D eigenvalue weighted by atomic mass is 15.2. The Bertz CT molecular complexity index is 154. The van der Waals surface area contributed by atoms with Crippen LogP contribution in [0.25, 0.3) is 0 Å². The monoisotopic (exact) mass is 140 g/mol. The fraction of sp³-hybridized carbons (Fsp3) is 0.667. The summed E-state index contributed by atoms with van der Waals surface area (Å²) in [6.45, 7) is 3.95. The smallest absolute Gasteiger partial charge is 0.209 e. The van der Waals surface area contributed by atoms with Gasteiger partial charge in [0.25, 0.3) is 0 Å². The number of guanidine groups is 1. The molecule has 0 aliphatic carbocycles. The Balaban J connectivity index is 3.86. The summed E-state index contributed by atoms with van der Waals surface area (Å²) in [6.07, 6.45) is 1.69. The van der Waals surface area contributed by atoms with Crippen LogP contribution in [-0.4, -0.2) is 19.0 Å². The van der Waals surface area contributed by atoms with Crippen molar-refractivity contribution in [3.05, 3.63) is 0 Å². The lowest BCUT2D eigenvalue weighted by atomic mass is 10.4. The second kappa shape index (κ2) is 4.62. The molecule has 0 aromatic rings. The van der Waals surface area contributed by atoms with E-state index < -0.39 is 0 Å². The normalized spacial score (nSPS) is 10.9. The van der Waals surface area contributed by atoms with Crippen LogP contribution < -0.4 is 10.6 Å². The first kappa shape index (κ1) is 8.76. The molecule has 0 aliphatic rings. The van der Waals surface area contributed by atoms with E-state index in [1.807, 2.05) is 13.8 Å². The SMILES string of the molecule is CN/C(=N\C#N)NC(C)C. The van der Waals surface area contributed by atoms with Crippen LogP contribution in [0, 0.1) is 11.5 Å². The van der Waals surface area contributed by atoms with Gasteiger partial charge >= 0.3 is 0 Å². The highest BCUT2D eigenvalue weighted by molar-refractivity contribution is 5.80. The van der Waals surface area contributed by atoms with Gasteiger partial charge in [-0.15, -0.1) is 4.99 Å². The van der Waals surface area contributed by atoms with Gasteiger partial charge in [0.2, 0.25) is 12.2 Å². The van der Waals surface area contributed by atoms with Crippen LogP contribution in [0.15, 0.2) is 4.99 Å². The maximum Gasteiger partial charge on any atom is 0.209 e. The van der Waals surface area contributed by atoms with Gasteiger partial charge in [0.15, 0.2) is 0 Å². The molecule has 2 N–H and O–H groups in total. The lowest BCUT2D eigenvalue weighted by molar-refractivity contribution is 0.716. The molecule has 0 saturated heterocycles. The Morgan fingerprint density at radius 3 is 2.50 bits per heavy atom. The van der Waals surface area contributed by atoms with Crippen molar-refractivity contribution < 1.29 is 0 Å². The third-order valence-electron chi connectivity index (χ3n) is 0.824. The maximum atomic E-state index is 8.16. The summed E-state index contributed by atoms with van der Waals surface area (Å²) in [7, 11) is 1.71. The van der Waals surface area contributed by atoms with E-state index in [1.165, 1.54) is 0 Å². The lowest BCUT2D eigenvalue weighted by Gasteiger charge is -2.09. The molecule has 56 valence electrons. The van der Waals surface area contributed by atoms with Crippen molar-refractivity contribution in [1.29, 1.82) is 5.26 Å². The molecule has 0 unspecified atom stereocenters. The van der Waals surface area contributed by atoms with Crippen molar-refractivity contribution >= 4 is 5.96 Å². The zero-order valence-corrected chi connectivity index (χ0v) is 6.47. The Morgan fingerprint density at radius 1 is 1.60 bits per heavy atom. The van der Waals surface area contributed by atoms with Crippen LogP contribution >= 0.6 is 0 Å². The van der Waals surface area contributed by atoms with E-state index in [0.717, 1.165) is 0 Å². The average molecular weight is 140 g/mol. The Kier molecular flexibility index (Phi) is 4.05. The van der Waals surface area contributed by atoms with E-state index in [-0.39, 0.29) is 0 Å². The lowest BCUT2D eigenvalue weighted by Crippen LogP contribution is -2.38. The van der Waals surface area contributed by atoms with Crippen molar-refractivity contribution in [1.82, 2.24) is 10.6 Å². The molecule has 0 bridgehead atoms. The van der Waals surface area contributed by atoms with Crippen LogP contribution in [0.4, 0.5) is 0 Å². The minimum Gasteiger partial charge on any atom is -0.359 e. The molecule has 0 radical (unpaired) electrons. The average Bonchev–Trinajstić information content (AvgIpc) is 1.86. The van der Waals surface area contributed by atoms with Crippen molar-refractivity contribution in [3.63, 3.8) is 0 Å². The second-order valence-corrected chi connectivity index (χ2v) is 2.11. The highest BCUT2D eigenvalue weighted by Gasteiger charge is 1.95. The molecule has 0 atom stereocenters. The third kappa shape index (κ3) is 3.72. The van der Waals surface area contributed by atoms with Gasteiger partial charge in [-0.2, -0.15) is 5.26 Å². The van der Waals surface area contributed by atoms with E-state index in [4.69, 9.17) is 5.26 Å². The van der Waals surface area contributed by atoms with Crippen molar-refractivity contribution in [2.75, 3.05) is 7.05 Å². The summed E-state index contributed by atoms with van der Waals surface area (Å²) >= 11 is 0. The Morgan fingerprint density at radius 2 is 2.20 bits per heavy atom. The largest absolute Gasteiger partial charge is 0.359 e. The van der Waals surface area contributed by atoms with E-state index in [1.54, 1.807) is 13.2 Å². The number of hydrogen-bond acceptors (Lipinski definition) is 2. The molecule has 0 aliphatic heterocycles. The summed E-state index contributed by atoms with van der Waals surface area (Å²) in [5.41, 5.74) is 0. The molecule has 0 amide bonds. The topological polar surface area (TPSA) is 60.2 Å². The van der Waals surface area contributed by atoms with Gasteiger partial charge in [-0.3, -0.25) is 0 Å². The van der Waals surface area contributed by atoms with Crippen LogP contribution in [0.1, 0.15) is 13.8 Å². The first-order valence-corrected chi connectivity index (χ1v) is 3.11. The van der Waals surface area contributed by atoms with Crippen molar-refractivity contribution in [3.8, 4) is 6.19 Å². The molecule has 0 spiro atoms. The maximum absolute atomic E-state index is 8.16. The summed E-state index contributed by atoms with van der Waals surface area (Å²) in [4.78, 5) is 3.48. The highest BCUT2D eigenvalue weighted by Crippen LogP contribution is 1.75. The standard InChI is InChI=1S/C6H12N4/c1-5(2)10-6(8-3)9-4-7/h5H,1-3H3,(H2,8,9,10). The predicted octanol–water partition coefficient (Wildman–Crippen LogP) is 0.0409. The molecule has 0 aromatic carbocycles. The van der Waals surface area contributed by atoms with Crippen molar-refractivity contribution in [2.24, 2.45) is 4.99 Å². The van der Waals surface area contributed by atoms with Gasteiger partial charge in [0.05, 0.1) is 0 Å². The molecule has 0 aromatic heterocycles. The minimum absolute atomic E-state index is 0.291. The van der Waals surface area contributed by atoms with E-state index in [2.05, 4.69) is 15.6 Å². The number of hydrogen-bond donors (Lipinski definition) is 2. The summed E-state index contributed by atoms with van der Waals surface area (Å²) in [5, 5.41) is 13.9. The number of rotatable bonds is 1. The minimum atomic E-state index is 0.291. The first-order chi connectivity index (χ1) is 4.70. The molecule has 4 heteroatoms. The van der Waals surface area contributed by atoms with Gasteiger partial charge in [-0.1, -0.05) is 0 Å². The van der Waals surface area contributed by atoms with Crippen LogP contribution in [-0.2, 0) is 0 Å². The molecule has 0 fully saturated rings. The zero-order valence-electron chi connectivity index (χ0n) is 6.47. The third-order valence-corrected chi connectivity index (χ3v) is 0.824. The fourth-order valence-corrected chi connectivity index (χ4v) is 0.484. The zero-order chi connectivity index (χ0) is 7.98. The molecule has 0 rings (SSSR count). The van der Waals surface area contributed by atoms with Gasteiger partial charge < -0.3 is 10.6 Å². The molecular formula is C6H12N4. The van der Waals surface area contributed by atoms with E-state index in [0.29, 0.717) is 12.0 Å². The molecule has 10 heavy (non-hydrogen) atoms. The Hall–Kier alpha value is -1.24. The van der Waals surface area contributed by atoms with Crippen LogP contribution in [0.2, 0.25) is 0 Å². The van der Waals surface area contributed by atoms with Crippen molar-refractivity contribution in [2.45, 2.75) is 19.9 Å². The molecule has 0 heterocycles. The second-order valence-electron chi connectivity index (χ2n) is 2.11. The molecule has 0 saturated carbocycles. The van der Waals surface area contributed by atoms with Gasteiger partial charge in [-0.05, 0) is 13.8 Å². The Labute approximate surface area is 61.0 Å². The number of nitrogens with zero attached hydrogens (tertiary/aromatic N) is 2. The van der Waals surface area contributed by atoms with Crippen LogP contribution in [0.5, 0.6) is 0 Å².